The zero-order chi connectivity index (χ0) is 12.0. The standard InChI is InChI=1S/C8H14N2O4S/c1-4(7(12)13)3-15-5(2)6(11)10-8(9)14/h4-5H,3H2,1-2H3,(H,12,13)(H3,9,10,11,14). The monoisotopic (exact) mass is 234 g/mol. The summed E-state index contributed by atoms with van der Waals surface area (Å²) in [6.07, 6.45) is 0. The van der Waals surface area contributed by atoms with Gasteiger partial charge < -0.3 is 10.8 Å². The largest absolute Gasteiger partial charge is 0.481 e. The second-order valence-electron chi connectivity index (χ2n) is 3.07. The molecule has 0 aliphatic heterocycles. The minimum atomic E-state index is -0.912. The Bertz CT molecular complexity index is 269. The highest BCUT2D eigenvalue weighted by Crippen LogP contribution is 2.15. The SMILES string of the molecule is CC(CSC(C)C(=O)NC(N)=O)C(=O)O. The van der Waals surface area contributed by atoms with Crippen LogP contribution in [0.25, 0.3) is 0 Å². The van der Waals surface area contributed by atoms with Gasteiger partial charge >= 0.3 is 12.0 Å². The third-order valence-electron chi connectivity index (χ3n) is 1.63. The summed E-state index contributed by atoms with van der Waals surface area (Å²) in [6, 6.07) is -0.904. The molecule has 0 heterocycles. The number of primary amides is 1. The Balaban J connectivity index is 3.93. The van der Waals surface area contributed by atoms with Crippen molar-refractivity contribution in [2.45, 2.75) is 19.1 Å². The molecular formula is C8H14N2O4S. The van der Waals surface area contributed by atoms with Crippen molar-refractivity contribution in [1.29, 1.82) is 0 Å². The molecule has 0 aromatic rings. The molecule has 0 spiro atoms. The quantitative estimate of drug-likeness (QED) is 0.621. The van der Waals surface area contributed by atoms with E-state index in [2.05, 4.69) is 0 Å². The number of urea groups is 1. The summed E-state index contributed by atoms with van der Waals surface area (Å²) < 4.78 is 0. The summed E-state index contributed by atoms with van der Waals surface area (Å²) in [5.41, 5.74) is 4.76. The van der Waals surface area contributed by atoms with Gasteiger partial charge in [-0.3, -0.25) is 14.9 Å². The second-order valence-corrected chi connectivity index (χ2v) is 4.44. The van der Waals surface area contributed by atoms with Gasteiger partial charge in [0.05, 0.1) is 11.2 Å². The molecule has 0 fully saturated rings. The smallest absolute Gasteiger partial charge is 0.318 e. The Kier molecular flexibility index (Phi) is 5.76. The van der Waals surface area contributed by atoms with Gasteiger partial charge in [0.25, 0.3) is 0 Å². The lowest BCUT2D eigenvalue weighted by atomic mass is 10.2. The van der Waals surface area contributed by atoms with Gasteiger partial charge in [0.1, 0.15) is 0 Å². The molecule has 0 rings (SSSR count). The molecule has 0 aromatic carbocycles. The van der Waals surface area contributed by atoms with Crippen LogP contribution in [0.15, 0.2) is 0 Å². The first-order valence-corrected chi connectivity index (χ1v) is 5.34. The summed E-state index contributed by atoms with van der Waals surface area (Å²) in [7, 11) is 0. The molecule has 0 saturated heterocycles. The number of aliphatic carboxylic acids is 1. The molecule has 0 aromatic heterocycles. The highest BCUT2D eigenvalue weighted by molar-refractivity contribution is 8.00. The summed E-state index contributed by atoms with van der Waals surface area (Å²) in [5, 5.41) is 10.0. The van der Waals surface area contributed by atoms with Gasteiger partial charge in [0.2, 0.25) is 5.91 Å². The lowest BCUT2D eigenvalue weighted by molar-refractivity contribution is -0.140. The van der Waals surface area contributed by atoms with E-state index in [-0.39, 0.29) is 0 Å². The van der Waals surface area contributed by atoms with E-state index in [9.17, 15) is 14.4 Å². The minimum absolute atomic E-state index is 0.308. The van der Waals surface area contributed by atoms with E-state index in [0.29, 0.717) is 5.75 Å². The van der Waals surface area contributed by atoms with Crippen LogP contribution in [0.1, 0.15) is 13.8 Å². The van der Waals surface area contributed by atoms with Gasteiger partial charge in [-0.15, -0.1) is 11.8 Å². The summed E-state index contributed by atoms with van der Waals surface area (Å²) in [5.74, 6) is -1.64. The van der Waals surface area contributed by atoms with Crippen molar-refractivity contribution < 1.29 is 19.5 Å². The molecule has 4 N–H and O–H groups in total. The van der Waals surface area contributed by atoms with Crippen molar-refractivity contribution in [3.8, 4) is 0 Å². The van der Waals surface area contributed by atoms with E-state index in [1.54, 1.807) is 13.8 Å². The van der Waals surface area contributed by atoms with Crippen LogP contribution in [0.4, 0.5) is 4.79 Å². The van der Waals surface area contributed by atoms with Crippen molar-refractivity contribution in [2.24, 2.45) is 11.7 Å². The van der Waals surface area contributed by atoms with E-state index in [1.165, 1.54) is 0 Å². The number of carbonyl (C=O) groups excluding carboxylic acids is 2. The fourth-order valence-corrected chi connectivity index (χ4v) is 1.59. The lowest BCUT2D eigenvalue weighted by Crippen LogP contribution is -2.39. The van der Waals surface area contributed by atoms with Crippen LogP contribution >= 0.6 is 11.8 Å². The molecule has 2 unspecified atom stereocenters. The highest BCUT2D eigenvalue weighted by atomic mass is 32.2. The molecule has 15 heavy (non-hydrogen) atoms. The van der Waals surface area contributed by atoms with Crippen LogP contribution in [0.2, 0.25) is 0 Å². The van der Waals surface area contributed by atoms with Gasteiger partial charge in [0, 0.05) is 5.75 Å². The van der Waals surface area contributed by atoms with Crippen molar-refractivity contribution in [2.75, 3.05) is 5.75 Å². The number of carbonyl (C=O) groups is 3. The molecule has 6 nitrogen and oxygen atoms in total. The summed E-state index contributed by atoms with van der Waals surface area (Å²) in [6.45, 7) is 3.13. The molecule has 3 amide bonds. The van der Waals surface area contributed by atoms with E-state index >= 15 is 0 Å². The van der Waals surface area contributed by atoms with Crippen LogP contribution in [0.3, 0.4) is 0 Å². The molecule has 2 atom stereocenters. The number of hydrogen-bond acceptors (Lipinski definition) is 4. The fourth-order valence-electron chi connectivity index (χ4n) is 0.659. The normalized spacial score (nSPS) is 14.0. The number of rotatable bonds is 5. The predicted molar refractivity (Wildman–Crippen MR) is 56.4 cm³/mol. The number of amides is 3. The Morgan fingerprint density at radius 1 is 1.40 bits per heavy atom. The average molecular weight is 234 g/mol. The molecular weight excluding hydrogens is 220 g/mol. The van der Waals surface area contributed by atoms with Crippen LogP contribution in [-0.4, -0.2) is 34.0 Å². The third-order valence-corrected chi connectivity index (χ3v) is 3.04. The van der Waals surface area contributed by atoms with E-state index in [1.807, 2.05) is 5.32 Å². The Morgan fingerprint density at radius 2 is 1.93 bits per heavy atom. The van der Waals surface area contributed by atoms with Crippen LogP contribution in [-0.2, 0) is 9.59 Å². The van der Waals surface area contributed by atoms with E-state index in [0.717, 1.165) is 11.8 Å². The second kappa shape index (κ2) is 6.28. The predicted octanol–water partition coefficient (Wildman–Crippen LogP) is 0.0237. The van der Waals surface area contributed by atoms with Crippen LogP contribution in [0, 0.1) is 5.92 Å². The van der Waals surface area contributed by atoms with Gasteiger partial charge in [0.15, 0.2) is 0 Å². The molecule has 0 bridgehead atoms. The molecule has 0 saturated carbocycles. The maximum absolute atomic E-state index is 11.2. The number of nitrogens with one attached hydrogen (secondary N) is 1. The fraction of sp³-hybridized carbons (Fsp3) is 0.625. The van der Waals surface area contributed by atoms with E-state index in [4.69, 9.17) is 10.8 Å². The van der Waals surface area contributed by atoms with Crippen molar-refractivity contribution in [3.63, 3.8) is 0 Å². The number of hydrogen-bond donors (Lipinski definition) is 3. The molecule has 0 aliphatic carbocycles. The zero-order valence-corrected chi connectivity index (χ0v) is 9.34. The van der Waals surface area contributed by atoms with Gasteiger partial charge in [-0.1, -0.05) is 6.92 Å². The number of imide groups is 1. The lowest BCUT2D eigenvalue weighted by Gasteiger charge is -2.11. The van der Waals surface area contributed by atoms with Crippen molar-refractivity contribution in [3.05, 3.63) is 0 Å². The maximum atomic E-state index is 11.2. The number of thioether (sulfide) groups is 1. The first-order chi connectivity index (χ1) is 6.84. The van der Waals surface area contributed by atoms with Crippen LogP contribution < -0.4 is 11.1 Å². The molecule has 86 valence electrons. The Hall–Kier alpha value is -1.24. The summed E-state index contributed by atoms with van der Waals surface area (Å²) >= 11 is 1.16. The molecule has 0 radical (unpaired) electrons. The van der Waals surface area contributed by atoms with E-state index < -0.39 is 29.1 Å². The zero-order valence-electron chi connectivity index (χ0n) is 8.52. The summed E-state index contributed by atoms with van der Waals surface area (Å²) in [4.78, 5) is 32.0. The Morgan fingerprint density at radius 3 is 2.33 bits per heavy atom. The number of carboxylic acids is 1. The van der Waals surface area contributed by atoms with Crippen molar-refractivity contribution in [1.82, 2.24) is 5.32 Å². The Labute approximate surface area is 91.6 Å². The first-order valence-electron chi connectivity index (χ1n) is 4.29. The highest BCUT2D eigenvalue weighted by Gasteiger charge is 2.18. The first kappa shape index (κ1) is 13.8. The number of nitrogens with two attached hydrogens (primary N) is 1. The number of carboxylic acid groups (broad SMARTS) is 1. The maximum Gasteiger partial charge on any atom is 0.318 e. The van der Waals surface area contributed by atoms with Gasteiger partial charge in [-0.25, -0.2) is 4.79 Å². The van der Waals surface area contributed by atoms with Crippen molar-refractivity contribution >= 4 is 29.7 Å². The van der Waals surface area contributed by atoms with Crippen LogP contribution in [0.5, 0.6) is 0 Å². The average Bonchev–Trinajstić information content (AvgIpc) is 2.12. The van der Waals surface area contributed by atoms with Gasteiger partial charge in [-0.2, -0.15) is 0 Å². The topological polar surface area (TPSA) is 109 Å². The molecule has 7 heteroatoms. The molecule has 0 aliphatic rings. The third kappa shape index (κ3) is 5.95. The minimum Gasteiger partial charge on any atom is -0.481 e. The van der Waals surface area contributed by atoms with Gasteiger partial charge in [-0.05, 0) is 6.92 Å².